The van der Waals surface area contributed by atoms with Crippen molar-refractivity contribution in [2.45, 2.75) is 0 Å². The number of benzene rings is 2. The Labute approximate surface area is 105 Å². The summed E-state index contributed by atoms with van der Waals surface area (Å²) in [5.74, 6) is 5.75. The zero-order chi connectivity index (χ0) is 13.0. The lowest BCUT2D eigenvalue weighted by molar-refractivity contribution is 0.332. The van der Waals surface area contributed by atoms with Crippen LogP contribution in [-0.2, 0) is 0 Å². The lowest BCUT2D eigenvalue weighted by Gasteiger charge is -2.01. The van der Waals surface area contributed by atoms with Crippen LogP contribution in [0.15, 0.2) is 42.5 Å². The van der Waals surface area contributed by atoms with Crippen LogP contribution in [0.5, 0.6) is 17.2 Å². The van der Waals surface area contributed by atoms with Crippen LogP contribution < -0.4 is 10.7 Å². The fraction of sp³-hybridized carbons (Fsp3) is 0. The summed E-state index contributed by atoms with van der Waals surface area (Å²) in [7, 11) is 0. The van der Waals surface area contributed by atoms with Gasteiger partial charge < -0.3 is 15.1 Å². The van der Waals surface area contributed by atoms with Gasteiger partial charge in [-0.15, -0.1) is 0 Å². The molecule has 0 aliphatic heterocycles. The van der Waals surface area contributed by atoms with Gasteiger partial charge in [-0.1, -0.05) is 24.3 Å². The summed E-state index contributed by atoms with van der Waals surface area (Å²) >= 11 is 0. The molecule has 0 atom stereocenters. The maximum atomic E-state index is 9.46. The molecule has 0 bridgehead atoms. The third-order valence-electron chi connectivity index (χ3n) is 2.41. The average Bonchev–Trinajstić information content (AvgIpc) is 2.37. The van der Waals surface area contributed by atoms with Gasteiger partial charge in [0.25, 0.3) is 0 Å². The number of hydrogen-bond acceptors (Lipinski definition) is 4. The summed E-state index contributed by atoms with van der Waals surface area (Å²) in [6.45, 7) is 0. The number of hydrogen-bond donors (Lipinski definition) is 3. The molecule has 0 aliphatic rings. The molecule has 92 valence electrons. The summed E-state index contributed by atoms with van der Waals surface area (Å²) in [6, 6.07) is 11.5. The highest BCUT2D eigenvalue weighted by Crippen LogP contribution is 2.22. The summed E-state index contributed by atoms with van der Waals surface area (Å²) < 4.78 is 0. The second-order valence-corrected chi connectivity index (χ2v) is 3.80. The van der Waals surface area contributed by atoms with E-state index in [-0.39, 0.29) is 11.5 Å². The van der Waals surface area contributed by atoms with Crippen molar-refractivity contribution in [3.63, 3.8) is 0 Å². The molecule has 0 radical (unpaired) electrons. The Morgan fingerprint density at radius 3 is 2.17 bits per heavy atom. The second kappa shape index (κ2) is 5.25. The molecule has 0 heterocycles. The van der Waals surface area contributed by atoms with E-state index >= 15 is 0 Å². The van der Waals surface area contributed by atoms with Crippen LogP contribution in [0.2, 0.25) is 0 Å². The van der Waals surface area contributed by atoms with E-state index in [2.05, 4.69) is 4.84 Å². The van der Waals surface area contributed by atoms with Crippen molar-refractivity contribution in [1.82, 2.24) is 0 Å². The number of phenolic OH excluding ortho intramolecular Hbond substituents is 2. The number of phenols is 2. The monoisotopic (exact) mass is 243 g/mol. The minimum absolute atomic E-state index is 0.0864. The fourth-order valence-electron chi connectivity index (χ4n) is 1.55. The van der Waals surface area contributed by atoms with E-state index in [0.717, 1.165) is 11.1 Å². The molecule has 4 heteroatoms. The van der Waals surface area contributed by atoms with E-state index in [1.165, 1.54) is 6.07 Å². The van der Waals surface area contributed by atoms with Gasteiger partial charge in [-0.3, -0.25) is 0 Å². The molecule has 0 unspecified atom stereocenters. The zero-order valence-electron chi connectivity index (χ0n) is 9.58. The molecule has 2 rings (SSSR count). The van der Waals surface area contributed by atoms with Crippen molar-refractivity contribution >= 4 is 12.2 Å². The first kappa shape index (κ1) is 12.0. The topological polar surface area (TPSA) is 75.7 Å². The van der Waals surface area contributed by atoms with Crippen LogP contribution in [0.25, 0.3) is 12.2 Å². The molecular formula is C14H13NO3. The molecule has 0 saturated heterocycles. The fourth-order valence-corrected chi connectivity index (χ4v) is 1.55. The summed E-state index contributed by atoms with van der Waals surface area (Å²) in [5.41, 5.74) is 1.70. The van der Waals surface area contributed by atoms with E-state index in [4.69, 9.17) is 11.0 Å². The standard InChI is InChI=1S/C14H13NO3/c15-18-14-8-11(7-13(17)9-14)2-1-10-3-5-12(16)6-4-10/h1-9,16-17H,15H2/b2-1+. The molecule has 2 aromatic carbocycles. The van der Waals surface area contributed by atoms with E-state index in [0.29, 0.717) is 5.75 Å². The van der Waals surface area contributed by atoms with Gasteiger partial charge >= 0.3 is 0 Å². The van der Waals surface area contributed by atoms with Gasteiger partial charge in [0, 0.05) is 6.07 Å². The van der Waals surface area contributed by atoms with Gasteiger partial charge in [-0.2, -0.15) is 5.90 Å². The molecule has 18 heavy (non-hydrogen) atoms. The van der Waals surface area contributed by atoms with Gasteiger partial charge in [0.2, 0.25) is 0 Å². The summed E-state index contributed by atoms with van der Waals surface area (Å²) in [5, 5.41) is 18.6. The molecule has 2 aromatic rings. The molecule has 0 aromatic heterocycles. The molecule has 0 saturated carbocycles. The van der Waals surface area contributed by atoms with Gasteiger partial charge in [-0.05, 0) is 35.4 Å². The number of rotatable bonds is 3. The molecule has 4 N–H and O–H groups in total. The first-order chi connectivity index (χ1) is 8.67. The van der Waals surface area contributed by atoms with Crippen molar-refractivity contribution in [3.05, 3.63) is 53.6 Å². The minimum atomic E-state index is 0.0864. The van der Waals surface area contributed by atoms with E-state index in [1.807, 2.05) is 12.2 Å². The quantitative estimate of drug-likeness (QED) is 0.572. The van der Waals surface area contributed by atoms with Gasteiger partial charge in [0.1, 0.15) is 11.5 Å². The third kappa shape index (κ3) is 3.02. The lowest BCUT2D eigenvalue weighted by Crippen LogP contribution is -2.01. The van der Waals surface area contributed by atoms with Crippen LogP contribution >= 0.6 is 0 Å². The highest BCUT2D eigenvalue weighted by molar-refractivity contribution is 5.71. The first-order valence-electron chi connectivity index (χ1n) is 5.35. The maximum Gasteiger partial charge on any atom is 0.151 e. The van der Waals surface area contributed by atoms with Crippen molar-refractivity contribution in [2.24, 2.45) is 5.90 Å². The normalized spacial score (nSPS) is 10.7. The van der Waals surface area contributed by atoms with Gasteiger partial charge in [0.15, 0.2) is 5.75 Å². The van der Waals surface area contributed by atoms with E-state index in [9.17, 15) is 5.11 Å². The molecule has 0 fully saturated rings. The minimum Gasteiger partial charge on any atom is -0.508 e. The average molecular weight is 243 g/mol. The van der Waals surface area contributed by atoms with Crippen LogP contribution in [0, 0.1) is 0 Å². The first-order valence-corrected chi connectivity index (χ1v) is 5.35. The largest absolute Gasteiger partial charge is 0.508 e. The van der Waals surface area contributed by atoms with Crippen LogP contribution in [-0.4, -0.2) is 10.2 Å². The Morgan fingerprint density at radius 2 is 1.50 bits per heavy atom. The van der Waals surface area contributed by atoms with Crippen LogP contribution in [0.4, 0.5) is 0 Å². The molecule has 4 nitrogen and oxygen atoms in total. The smallest absolute Gasteiger partial charge is 0.151 e. The van der Waals surface area contributed by atoms with Crippen molar-refractivity contribution < 1.29 is 15.1 Å². The Morgan fingerprint density at radius 1 is 0.833 bits per heavy atom. The predicted octanol–water partition coefficient (Wildman–Crippen LogP) is 2.52. The second-order valence-electron chi connectivity index (χ2n) is 3.80. The molecule has 0 spiro atoms. The Hall–Kier alpha value is -2.46. The lowest BCUT2D eigenvalue weighted by atomic mass is 10.1. The van der Waals surface area contributed by atoms with Crippen LogP contribution in [0.1, 0.15) is 11.1 Å². The maximum absolute atomic E-state index is 9.46. The molecule has 0 amide bonds. The Bertz CT molecular complexity index is 562. The van der Waals surface area contributed by atoms with Crippen molar-refractivity contribution in [2.75, 3.05) is 0 Å². The molecule has 0 aliphatic carbocycles. The highest BCUT2D eigenvalue weighted by Gasteiger charge is 1.98. The van der Waals surface area contributed by atoms with Gasteiger partial charge in [0.05, 0.1) is 0 Å². The summed E-state index contributed by atoms with van der Waals surface area (Å²) in [6.07, 6.45) is 3.67. The molecular weight excluding hydrogens is 230 g/mol. The number of nitrogens with two attached hydrogens (primary N) is 1. The SMILES string of the molecule is NOc1cc(O)cc(/C=C/c2ccc(O)cc2)c1. The van der Waals surface area contributed by atoms with Gasteiger partial charge in [-0.25, -0.2) is 0 Å². The Balaban J connectivity index is 2.22. The third-order valence-corrected chi connectivity index (χ3v) is 2.41. The van der Waals surface area contributed by atoms with Crippen molar-refractivity contribution in [3.8, 4) is 17.2 Å². The van der Waals surface area contributed by atoms with E-state index < -0.39 is 0 Å². The summed E-state index contributed by atoms with van der Waals surface area (Å²) in [4.78, 5) is 4.58. The van der Waals surface area contributed by atoms with E-state index in [1.54, 1.807) is 36.4 Å². The number of aromatic hydroxyl groups is 2. The highest BCUT2D eigenvalue weighted by atomic mass is 16.6. The Kier molecular flexibility index (Phi) is 3.50. The van der Waals surface area contributed by atoms with Crippen molar-refractivity contribution in [1.29, 1.82) is 0 Å². The zero-order valence-corrected chi connectivity index (χ0v) is 9.58. The predicted molar refractivity (Wildman–Crippen MR) is 70.0 cm³/mol. The van der Waals surface area contributed by atoms with Crippen LogP contribution in [0.3, 0.4) is 0 Å².